The topological polar surface area (TPSA) is 89.0 Å². The molecule has 1 amide bonds. The van der Waals surface area contributed by atoms with Crippen LogP contribution in [-0.2, 0) is 16.0 Å². The lowest BCUT2D eigenvalue weighted by molar-refractivity contribution is -0.136. The third-order valence-electron chi connectivity index (χ3n) is 4.07. The van der Waals surface area contributed by atoms with Gasteiger partial charge in [-0.15, -0.1) is 0 Å². The van der Waals surface area contributed by atoms with Gasteiger partial charge in [0, 0.05) is 18.9 Å². The summed E-state index contributed by atoms with van der Waals surface area (Å²) in [6.07, 6.45) is 0.0582. The van der Waals surface area contributed by atoms with Crippen LogP contribution in [0.4, 0.5) is 4.39 Å². The number of nitrogens with one attached hydrogen (secondary N) is 1. The first-order valence-electron chi connectivity index (χ1n) is 8.43. The van der Waals surface area contributed by atoms with Crippen LogP contribution < -0.4 is 5.32 Å². The Bertz CT molecular complexity index is 1000. The third kappa shape index (κ3) is 4.52. The largest absolute Gasteiger partial charge is 0.340 e. The highest BCUT2D eigenvalue weighted by Crippen LogP contribution is 2.21. The number of nitrogens with zero attached hydrogens (tertiary/aromatic N) is 2. The number of carbonyl (C=O) groups is 3. The van der Waals surface area contributed by atoms with Crippen molar-refractivity contribution in [2.75, 3.05) is 0 Å². The Morgan fingerprint density at radius 1 is 1.04 bits per heavy atom. The number of ketones is 2. The average Bonchev–Trinajstić information content (AvgIpc) is 3.19. The standard InChI is InChI=1S/C20H16FN3O3S/c1-12(25)19(26)16(11-13-7-9-15(21)10-8-13)22-20(27)18-17(23-28-24-18)14-5-3-2-4-6-14/h2-10,16H,11H2,1H3,(H,22,27). The maximum Gasteiger partial charge on any atom is 0.273 e. The summed E-state index contributed by atoms with van der Waals surface area (Å²) in [5, 5.41) is 2.57. The Balaban J connectivity index is 1.84. The molecule has 1 unspecified atom stereocenters. The van der Waals surface area contributed by atoms with E-state index in [9.17, 15) is 18.8 Å². The molecule has 2 aromatic carbocycles. The van der Waals surface area contributed by atoms with Crippen molar-refractivity contribution in [3.63, 3.8) is 0 Å². The summed E-state index contributed by atoms with van der Waals surface area (Å²) in [6.45, 7) is 1.14. The minimum absolute atomic E-state index is 0.0582. The summed E-state index contributed by atoms with van der Waals surface area (Å²) in [4.78, 5) is 36.7. The minimum atomic E-state index is -1.08. The molecule has 1 heterocycles. The van der Waals surface area contributed by atoms with E-state index in [1.807, 2.05) is 18.2 Å². The van der Waals surface area contributed by atoms with Crippen molar-refractivity contribution in [1.82, 2.24) is 14.1 Å². The molecular weight excluding hydrogens is 381 g/mol. The van der Waals surface area contributed by atoms with Gasteiger partial charge in [0.25, 0.3) is 5.91 Å². The first-order valence-corrected chi connectivity index (χ1v) is 9.17. The molecule has 0 aliphatic rings. The van der Waals surface area contributed by atoms with Crippen molar-refractivity contribution in [2.24, 2.45) is 0 Å². The number of Topliss-reactive ketones (excluding diaryl/α,β-unsaturated/α-hetero) is 2. The van der Waals surface area contributed by atoms with Crippen molar-refractivity contribution in [1.29, 1.82) is 0 Å². The minimum Gasteiger partial charge on any atom is -0.340 e. The van der Waals surface area contributed by atoms with Crippen LogP contribution in [0.5, 0.6) is 0 Å². The Morgan fingerprint density at radius 2 is 1.71 bits per heavy atom. The lowest BCUT2D eigenvalue weighted by atomic mass is 10.00. The zero-order valence-electron chi connectivity index (χ0n) is 14.9. The third-order valence-corrected chi connectivity index (χ3v) is 4.60. The van der Waals surface area contributed by atoms with Gasteiger partial charge in [0.2, 0.25) is 5.78 Å². The summed E-state index contributed by atoms with van der Waals surface area (Å²) in [6, 6.07) is 13.5. The zero-order chi connectivity index (χ0) is 20.1. The molecular formula is C20H16FN3O3S. The number of carbonyl (C=O) groups excluding carboxylic acids is 3. The molecule has 1 N–H and O–H groups in total. The van der Waals surface area contributed by atoms with Crippen LogP contribution in [-0.4, -0.2) is 32.3 Å². The van der Waals surface area contributed by atoms with Gasteiger partial charge in [-0.25, -0.2) is 4.39 Å². The van der Waals surface area contributed by atoms with Crippen molar-refractivity contribution >= 4 is 29.2 Å². The van der Waals surface area contributed by atoms with E-state index in [1.165, 1.54) is 24.3 Å². The monoisotopic (exact) mass is 397 g/mol. The summed E-state index contributed by atoms with van der Waals surface area (Å²) >= 11 is 0.882. The van der Waals surface area contributed by atoms with Crippen LogP contribution >= 0.6 is 11.7 Å². The van der Waals surface area contributed by atoms with Crippen LogP contribution in [0.2, 0.25) is 0 Å². The van der Waals surface area contributed by atoms with Crippen LogP contribution in [0.3, 0.4) is 0 Å². The Hall–Kier alpha value is -3.26. The quantitative estimate of drug-likeness (QED) is 0.620. The van der Waals surface area contributed by atoms with Crippen LogP contribution in [0.15, 0.2) is 54.6 Å². The van der Waals surface area contributed by atoms with Gasteiger partial charge in [-0.2, -0.15) is 8.75 Å². The first kappa shape index (κ1) is 19.5. The van der Waals surface area contributed by atoms with Gasteiger partial charge in [-0.1, -0.05) is 42.5 Å². The summed E-state index contributed by atoms with van der Waals surface area (Å²) in [5.74, 6) is -2.42. The van der Waals surface area contributed by atoms with E-state index in [4.69, 9.17) is 0 Å². The second kappa shape index (κ2) is 8.62. The molecule has 0 aliphatic carbocycles. The maximum absolute atomic E-state index is 13.1. The SMILES string of the molecule is CC(=O)C(=O)C(Cc1ccc(F)cc1)NC(=O)c1nsnc1-c1ccccc1. The highest BCUT2D eigenvalue weighted by Gasteiger charge is 2.27. The summed E-state index contributed by atoms with van der Waals surface area (Å²) in [7, 11) is 0. The van der Waals surface area contributed by atoms with Gasteiger partial charge < -0.3 is 5.32 Å². The average molecular weight is 397 g/mol. The van der Waals surface area contributed by atoms with Crippen LogP contribution in [0.25, 0.3) is 11.3 Å². The van der Waals surface area contributed by atoms with Crippen LogP contribution in [0.1, 0.15) is 23.0 Å². The highest BCUT2D eigenvalue weighted by molar-refractivity contribution is 6.99. The normalized spacial score (nSPS) is 11.6. The summed E-state index contributed by atoms with van der Waals surface area (Å²) < 4.78 is 21.3. The predicted octanol–water partition coefficient (Wildman–Crippen LogP) is 2.84. The second-order valence-electron chi connectivity index (χ2n) is 6.10. The molecule has 1 aromatic heterocycles. The number of hydrogen-bond acceptors (Lipinski definition) is 6. The number of aromatic nitrogens is 2. The zero-order valence-corrected chi connectivity index (χ0v) is 15.7. The molecule has 0 saturated heterocycles. The van der Waals surface area contributed by atoms with Crippen molar-refractivity contribution < 1.29 is 18.8 Å². The van der Waals surface area contributed by atoms with E-state index in [2.05, 4.69) is 14.1 Å². The fourth-order valence-electron chi connectivity index (χ4n) is 2.66. The molecule has 3 aromatic rings. The van der Waals surface area contributed by atoms with E-state index in [0.29, 0.717) is 11.3 Å². The Labute approximate surface area is 164 Å². The molecule has 1 atom stereocenters. The summed E-state index contributed by atoms with van der Waals surface area (Å²) in [5.41, 5.74) is 1.81. The molecule has 0 saturated carbocycles. The maximum atomic E-state index is 13.1. The van der Waals surface area contributed by atoms with Gasteiger partial charge in [0.1, 0.15) is 11.5 Å². The molecule has 0 fully saturated rings. The molecule has 28 heavy (non-hydrogen) atoms. The predicted molar refractivity (Wildman–Crippen MR) is 102 cm³/mol. The lowest BCUT2D eigenvalue weighted by Crippen LogP contribution is -2.45. The Kier molecular flexibility index (Phi) is 6.00. The van der Waals surface area contributed by atoms with Gasteiger partial charge in [-0.3, -0.25) is 14.4 Å². The van der Waals surface area contributed by atoms with Gasteiger partial charge in [-0.05, 0) is 17.7 Å². The molecule has 0 radical (unpaired) electrons. The molecule has 0 bridgehead atoms. The first-order chi connectivity index (χ1) is 13.5. The van der Waals surface area contributed by atoms with E-state index >= 15 is 0 Å². The smallest absolute Gasteiger partial charge is 0.273 e. The van der Waals surface area contributed by atoms with Crippen molar-refractivity contribution in [3.05, 3.63) is 71.7 Å². The number of halogens is 1. The number of hydrogen-bond donors (Lipinski definition) is 1. The van der Waals surface area contributed by atoms with Crippen LogP contribution in [0, 0.1) is 5.82 Å². The number of rotatable bonds is 7. The molecule has 6 nitrogen and oxygen atoms in total. The number of benzene rings is 2. The fourth-order valence-corrected chi connectivity index (χ4v) is 3.23. The lowest BCUT2D eigenvalue weighted by Gasteiger charge is -2.16. The van der Waals surface area contributed by atoms with Crippen molar-refractivity contribution in [2.45, 2.75) is 19.4 Å². The molecule has 0 spiro atoms. The van der Waals surface area contributed by atoms with Crippen molar-refractivity contribution in [3.8, 4) is 11.3 Å². The fraction of sp³-hybridized carbons (Fsp3) is 0.150. The molecule has 0 aliphatic heterocycles. The number of amides is 1. The van der Waals surface area contributed by atoms with E-state index in [1.54, 1.807) is 12.1 Å². The highest BCUT2D eigenvalue weighted by atomic mass is 32.1. The second-order valence-corrected chi connectivity index (χ2v) is 6.63. The Morgan fingerprint density at radius 3 is 2.36 bits per heavy atom. The molecule has 142 valence electrons. The van der Waals surface area contributed by atoms with E-state index < -0.39 is 29.3 Å². The van der Waals surface area contributed by atoms with E-state index in [-0.39, 0.29) is 12.1 Å². The van der Waals surface area contributed by atoms with E-state index in [0.717, 1.165) is 24.2 Å². The molecule has 3 rings (SSSR count). The molecule has 8 heteroatoms. The van der Waals surface area contributed by atoms with Gasteiger partial charge in [0.15, 0.2) is 11.5 Å². The van der Waals surface area contributed by atoms with Gasteiger partial charge >= 0.3 is 0 Å². The van der Waals surface area contributed by atoms with Gasteiger partial charge in [0.05, 0.1) is 17.8 Å².